The summed E-state index contributed by atoms with van der Waals surface area (Å²) in [7, 11) is 0. The lowest BCUT2D eigenvalue weighted by molar-refractivity contribution is -0.139. The number of carbonyl (C=O) groups excluding carboxylic acids is 2. The van der Waals surface area contributed by atoms with Gasteiger partial charge >= 0.3 is 0 Å². The fourth-order valence-corrected chi connectivity index (χ4v) is 4.90. The quantitative estimate of drug-likeness (QED) is 0.775. The molecular weight excluding hydrogens is 326 g/mol. The molecule has 1 saturated heterocycles. The van der Waals surface area contributed by atoms with Gasteiger partial charge in [0.15, 0.2) is 0 Å². The fourth-order valence-electron chi connectivity index (χ4n) is 4.90. The van der Waals surface area contributed by atoms with E-state index in [1.54, 1.807) is 0 Å². The molecule has 4 N–H and O–H groups in total. The third-order valence-corrected chi connectivity index (χ3v) is 6.11. The topological polar surface area (TPSA) is 84.2 Å². The first-order valence-corrected chi connectivity index (χ1v) is 9.01. The lowest BCUT2D eigenvalue weighted by atomic mass is 9.52. The number of amides is 1. The van der Waals surface area contributed by atoms with Crippen LogP contribution < -0.4 is 16.6 Å². The van der Waals surface area contributed by atoms with E-state index < -0.39 is 11.6 Å². The van der Waals surface area contributed by atoms with Crippen molar-refractivity contribution in [1.82, 2.24) is 10.9 Å². The van der Waals surface area contributed by atoms with Crippen LogP contribution in [0.4, 0.5) is 0 Å². The van der Waals surface area contributed by atoms with Gasteiger partial charge in [0.05, 0.1) is 11.6 Å². The van der Waals surface area contributed by atoms with Crippen molar-refractivity contribution in [1.29, 1.82) is 0 Å². The molecule has 4 rings (SSSR count). The Morgan fingerprint density at radius 1 is 0.962 bits per heavy atom. The first-order chi connectivity index (χ1) is 12.6. The summed E-state index contributed by atoms with van der Waals surface area (Å²) in [6, 6.07) is 19.6. The number of ketones is 1. The highest BCUT2D eigenvalue weighted by Crippen LogP contribution is 2.58. The number of hydrogen-bond donors (Lipinski definition) is 3. The maximum atomic E-state index is 13.2. The summed E-state index contributed by atoms with van der Waals surface area (Å²) in [5.74, 6) is -0.811. The summed E-state index contributed by atoms with van der Waals surface area (Å²) in [5.41, 5.74) is 13.2. The van der Waals surface area contributed by atoms with E-state index in [2.05, 4.69) is 10.9 Å². The Balaban J connectivity index is 1.95. The minimum absolute atomic E-state index is 0.132. The van der Waals surface area contributed by atoms with Gasteiger partial charge in [-0.3, -0.25) is 15.0 Å². The summed E-state index contributed by atoms with van der Waals surface area (Å²) in [6.07, 6.45) is -0.266. The van der Waals surface area contributed by atoms with Crippen LogP contribution in [0.5, 0.6) is 0 Å². The molecule has 0 radical (unpaired) electrons. The van der Waals surface area contributed by atoms with Crippen LogP contribution in [0.2, 0.25) is 0 Å². The first-order valence-electron chi connectivity index (χ1n) is 9.01. The standard InChI is InChI=1S/C21H23N3O2/c1-13-17(25)12-16(14-8-4-2-5-9-14)21(19(22)23-24-20(21)26)18(13)15-10-6-3-7-11-15/h2-11,13,16,18-19,23H,12,22H2,1H3,(H,24,26). The van der Waals surface area contributed by atoms with Crippen molar-refractivity contribution >= 4 is 11.7 Å². The molecule has 5 atom stereocenters. The predicted molar refractivity (Wildman–Crippen MR) is 98.8 cm³/mol. The van der Waals surface area contributed by atoms with Crippen molar-refractivity contribution in [2.45, 2.75) is 31.3 Å². The minimum atomic E-state index is -0.921. The van der Waals surface area contributed by atoms with E-state index in [0.29, 0.717) is 6.42 Å². The molecule has 2 aliphatic rings. The molecular formula is C21H23N3O2. The van der Waals surface area contributed by atoms with Gasteiger partial charge in [-0.05, 0) is 11.1 Å². The van der Waals surface area contributed by atoms with Crippen molar-refractivity contribution in [3.8, 4) is 0 Å². The van der Waals surface area contributed by atoms with Gasteiger partial charge in [-0.15, -0.1) is 0 Å². The summed E-state index contributed by atoms with van der Waals surface area (Å²) in [4.78, 5) is 26.1. The second-order valence-corrected chi connectivity index (χ2v) is 7.32. The Bertz CT molecular complexity index is 824. The number of rotatable bonds is 2. The highest BCUT2D eigenvalue weighted by molar-refractivity contribution is 5.93. The Labute approximate surface area is 152 Å². The van der Waals surface area contributed by atoms with E-state index in [4.69, 9.17) is 5.73 Å². The summed E-state index contributed by atoms with van der Waals surface area (Å²) < 4.78 is 0. The molecule has 1 aliphatic carbocycles. The third kappa shape index (κ3) is 2.31. The molecule has 2 aromatic rings. The van der Waals surface area contributed by atoms with Crippen molar-refractivity contribution in [2.24, 2.45) is 17.1 Å². The average molecular weight is 349 g/mol. The zero-order valence-electron chi connectivity index (χ0n) is 14.7. The number of nitrogens with one attached hydrogen (secondary N) is 2. The summed E-state index contributed by atoms with van der Waals surface area (Å²) >= 11 is 0. The molecule has 1 heterocycles. The van der Waals surface area contributed by atoms with Crippen molar-refractivity contribution < 1.29 is 9.59 Å². The molecule has 5 heteroatoms. The maximum Gasteiger partial charge on any atom is 0.244 e. The van der Waals surface area contributed by atoms with Crippen molar-refractivity contribution in [2.75, 3.05) is 0 Å². The molecule has 26 heavy (non-hydrogen) atoms. The number of benzene rings is 2. The Hall–Kier alpha value is -2.50. The van der Waals surface area contributed by atoms with Crippen LogP contribution in [0.3, 0.4) is 0 Å². The van der Waals surface area contributed by atoms with Crippen LogP contribution >= 0.6 is 0 Å². The molecule has 0 aromatic heterocycles. The highest BCUT2D eigenvalue weighted by atomic mass is 16.2. The van der Waals surface area contributed by atoms with E-state index >= 15 is 0 Å². The van der Waals surface area contributed by atoms with Gasteiger partial charge in [0, 0.05) is 24.2 Å². The maximum absolute atomic E-state index is 13.2. The van der Waals surface area contributed by atoms with Crippen molar-refractivity contribution in [3.63, 3.8) is 0 Å². The Morgan fingerprint density at radius 3 is 2.08 bits per heavy atom. The minimum Gasteiger partial charge on any atom is -0.314 e. The summed E-state index contributed by atoms with van der Waals surface area (Å²) in [6.45, 7) is 1.92. The summed E-state index contributed by atoms with van der Waals surface area (Å²) in [5, 5.41) is 0. The smallest absolute Gasteiger partial charge is 0.244 e. The largest absolute Gasteiger partial charge is 0.314 e. The van der Waals surface area contributed by atoms with Gasteiger partial charge in [0.2, 0.25) is 5.91 Å². The van der Waals surface area contributed by atoms with Crippen LogP contribution in [0, 0.1) is 11.3 Å². The first kappa shape index (κ1) is 16.9. The van der Waals surface area contributed by atoms with Gasteiger partial charge in [-0.1, -0.05) is 67.6 Å². The van der Waals surface area contributed by atoms with E-state index in [1.165, 1.54) is 0 Å². The molecule has 5 nitrogen and oxygen atoms in total. The van der Waals surface area contributed by atoms with Crippen molar-refractivity contribution in [3.05, 3.63) is 71.8 Å². The van der Waals surface area contributed by atoms with Crippen LogP contribution in [0.25, 0.3) is 0 Å². The predicted octanol–water partition coefficient (Wildman–Crippen LogP) is 2.07. The molecule has 2 fully saturated rings. The molecule has 134 valence electrons. The molecule has 1 aliphatic heterocycles. The molecule has 1 amide bonds. The fraction of sp³-hybridized carbons (Fsp3) is 0.333. The molecule has 5 unspecified atom stereocenters. The van der Waals surface area contributed by atoms with Gasteiger partial charge < -0.3 is 5.73 Å². The van der Waals surface area contributed by atoms with E-state index in [-0.39, 0.29) is 29.4 Å². The lowest BCUT2D eigenvalue weighted by Crippen LogP contribution is -2.58. The molecule has 2 aromatic carbocycles. The number of hydrazine groups is 1. The number of hydrogen-bond acceptors (Lipinski definition) is 4. The highest BCUT2D eigenvalue weighted by Gasteiger charge is 2.64. The normalized spacial score (nSPS) is 34.1. The van der Waals surface area contributed by atoms with Gasteiger partial charge in [0.25, 0.3) is 0 Å². The Morgan fingerprint density at radius 2 is 1.54 bits per heavy atom. The number of nitrogens with two attached hydrogens (primary N) is 1. The zero-order valence-corrected chi connectivity index (χ0v) is 14.7. The monoisotopic (exact) mass is 349 g/mol. The van der Waals surface area contributed by atoms with E-state index in [9.17, 15) is 9.59 Å². The number of carbonyl (C=O) groups is 2. The van der Waals surface area contributed by atoms with E-state index in [1.807, 2.05) is 67.6 Å². The van der Waals surface area contributed by atoms with Gasteiger partial charge in [-0.2, -0.15) is 0 Å². The van der Waals surface area contributed by atoms with Crippen LogP contribution in [-0.4, -0.2) is 17.9 Å². The van der Waals surface area contributed by atoms with E-state index in [0.717, 1.165) is 11.1 Å². The lowest BCUT2D eigenvalue weighted by Gasteiger charge is -2.49. The molecule has 0 bridgehead atoms. The Kier molecular flexibility index (Phi) is 4.13. The van der Waals surface area contributed by atoms with Gasteiger partial charge in [0.1, 0.15) is 5.78 Å². The average Bonchev–Trinajstić information content (AvgIpc) is 2.96. The van der Waals surface area contributed by atoms with Crippen LogP contribution in [-0.2, 0) is 9.59 Å². The zero-order chi connectivity index (χ0) is 18.3. The van der Waals surface area contributed by atoms with Crippen LogP contribution in [0.15, 0.2) is 60.7 Å². The second kappa shape index (κ2) is 6.34. The van der Waals surface area contributed by atoms with Gasteiger partial charge in [-0.25, -0.2) is 5.43 Å². The number of Topliss-reactive ketones (excluding diaryl/α,β-unsaturated/α-hetero) is 1. The van der Waals surface area contributed by atoms with Crippen LogP contribution in [0.1, 0.15) is 36.3 Å². The third-order valence-electron chi connectivity index (χ3n) is 6.11. The SMILES string of the molecule is CC1C(=O)CC(c2ccccc2)C2(C(=O)NNC2N)C1c1ccccc1. The second-order valence-electron chi connectivity index (χ2n) is 7.32. The molecule has 1 saturated carbocycles. The molecule has 1 spiro atoms.